The van der Waals surface area contributed by atoms with E-state index in [4.69, 9.17) is 0 Å². The lowest BCUT2D eigenvalue weighted by molar-refractivity contribution is -0.122. The minimum atomic E-state index is -0.147. The second-order valence-electron chi connectivity index (χ2n) is 5.44. The predicted molar refractivity (Wildman–Crippen MR) is 78.1 cm³/mol. The Morgan fingerprint density at radius 3 is 2.68 bits per heavy atom. The van der Waals surface area contributed by atoms with Gasteiger partial charge in [-0.3, -0.25) is 10.1 Å². The van der Waals surface area contributed by atoms with E-state index in [1.807, 2.05) is 13.8 Å². The summed E-state index contributed by atoms with van der Waals surface area (Å²) >= 11 is 0. The minimum absolute atomic E-state index is 0.0820. The molecule has 1 amide bonds. The molecule has 0 radical (unpaired) electrons. The van der Waals surface area contributed by atoms with Gasteiger partial charge in [0, 0.05) is 12.6 Å². The van der Waals surface area contributed by atoms with Crippen molar-refractivity contribution in [1.29, 1.82) is 0 Å². The molecule has 0 spiro atoms. The summed E-state index contributed by atoms with van der Waals surface area (Å²) in [5.74, 6) is 0.702. The van der Waals surface area contributed by atoms with Crippen LogP contribution in [-0.4, -0.2) is 18.5 Å². The Balaban J connectivity index is 2.10. The van der Waals surface area contributed by atoms with Gasteiger partial charge in [-0.25, -0.2) is 0 Å². The smallest absolute Gasteiger partial charge is 0.236 e. The lowest BCUT2D eigenvalue weighted by Gasteiger charge is -2.32. The van der Waals surface area contributed by atoms with E-state index in [2.05, 4.69) is 41.8 Å². The van der Waals surface area contributed by atoms with Gasteiger partial charge >= 0.3 is 0 Å². The molecule has 104 valence electrons. The average Bonchev–Trinajstić information content (AvgIpc) is 2.42. The highest BCUT2D eigenvalue weighted by atomic mass is 16.2. The van der Waals surface area contributed by atoms with Crippen molar-refractivity contribution in [2.45, 2.75) is 51.6 Å². The molecule has 0 saturated heterocycles. The summed E-state index contributed by atoms with van der Waals surface area (Å²) in [7, 11) is 0. The Kier molecular flexibility index (Phi) is 4.59. The fourth-order valence-electron chi connectivity index (χ4n) is 2.88. The largest absolute Gasteiger partial charge is 0.355 e. The Labute approximate surface area is 115 Å². The van der Waals surface area contributed by atoms with Crippen molar-refractivity contribution in [3.63, 3.8) is 0 Å². The number of nitrogens with one attached hydrogen (secondary N) is 2. The maximum absolute atomic E-state index is 11.8. The molecule has 3 atom stereocenters. The Morgan fingerprint density at radius 1 is 1.32 bits per heavy atom. The third kappa shape index (κ3) is 3.16. The van der Waals surface area contributed by atoms with E-state index in [0.29, 0.717) is 18.5 Å². The van der Waals surface area contributed by atoms with Crippen LogP contribution in [0.3, 0.4) is 0 Å². The molecule has 3 nitrogen and oxygen atoms in total. The molecule has 3 unspecified atom stereocenters. The van der Waals surface area contributed by atoms with Crippen molar-refractivity contribution in [2.24, 2.45) is 0 Å². The van der Waals surface area contributed by atoms with Crippen LogP contribution in [0.2, 0.25) is 0 Å². The van der Waals surface area contributed by atoms with Crippen LogP contribution in [0.4, 0.5) is 0 Å². The van der Waals surface area contributed by atoms with Crippen molar-refractivity contribution in [3.8, 4) is 0 Å². The molecule has 19 heavy (non-hydrogen) atoms. The third-order valence-corrected chi connectivity index (χ3v) is 3.99. The van der Waals surface area contributed by atoms with Gasteiger partial charge in [-0.05, 0) is 43.7 Å². The normalized spacial score (nSPS) is 23.5. The number of carbonyl (C=O) groups is 1. The number of benzene rings is 1. The molecule has 1 aromatic carbocycles. The van der Waals surface area contributed by atoms with Gasteiger partial charge in [0.25, 0.3) is 0 Å². The zero-order valence-corrected chi connectivity index (χ0v) is 12.1. The number of hydrogen-bond acceptors (Lipinski definition) is 2. The first-order valence-corrected chi connectivity index (χ1v) is 7.26. The summed E-state index contributed by atoms with van der Waals surface area (Å²) in [5, 5.41) is 6.33. The summed E-state index contributed by atoms with van der Waals surface area (Å²) in [4.78, 5) is 11.8. The third-order valence-electron chi connectivity index (χ3n) is 3.99. The second kappa shape index (κ2) is 6.20. The van der Waals surface area contributed by atoms with E-state index < -0.39 is 0 Å². The van der Waals surface area contributed by atoms with Crippen molar-refractivity contribution in [1.82, 2.24) is 10.6 Å². The predicted octanol–water partition coefficient (Wildman–Crippen LogP) is 2.74. The van der Waals surface area contributed by atoms with E-state index in [1.54, 1.807) is 0 Å². The fraction of sp³-hybridized carbons (Fsp3) is 0.562. The van der Waals surface area contributed by atoms with E-state index in [1.165, 1.54) is 17.5 Å². The van der Waals surface area contributed by atoms with Gasteiger partial charge < -0.3 is 5.32 Å². The van der Waals surface area contributed by atoms with Crippen molar-refractivity contribution >= 4 is 5.91 Å². The summed E-state index contributed by atoms with van der Waals surface area (Å²) in [5.41, 5.74) is 2.78. The Hall–Kier alpha value is -1.35. The van der Waals surface area contributed by atoms with Crippen LogP contribution in [0, 0.1) is 0 Å². The fourth-order valence-corrected chi connectivity index (χ4v) is 2.88. The van der Waals surface area contributed by atoms with E-state index in [0.717, 1.165) is 6.42 Å². The zero-order chi connectivity index (χ0) is 13.8. The SMILES string of the molecule is CCNC(=O)C(C)NC1CCC(C)c2ccccc21. The molecule has 0 bridgehead atoms. The first-order chi connectivity index (χ1) is 9.13. The molecule has 3 heteroatoms. The van der Waals surface area contributed by atoms with Crippen LogP contribution in [0.15, 0.2) is 24.3 Å². The van der Waals surface area contributed by atoms with Crippen molar-refractivity contribution in [2.75, 3.05) is 6.54 Å². The summed E-state index contributed by atoms with van der Waals surface area (Å²) in [6.07, 6.45) is 2.28. The molecule has 2 N–H and O–H groups in total. The molecule has 0 aliphatic heterocycles. The van der Waals surface area contributed by atoms with Gasteiger partial charge in [-0.1, -0.05) is 31.2 Å². The molecule has 1 aromatic rings. The number of rotatable bonds is 4. The summed E-state index contributed by atoms with van der Waals surface area (Å²) in [6, 6.07) is 8.74. The number of amides is 1. The first kappa shape index (κ1) is 14.1. The number of fused-ring (bicyclic) bond motifs is 1. The standard InChI is InChI=1S/C16H24N2O/c1-4-17-16(19)12(3)18-15-10-9-11(2)13-7-5-6-8-14(13)15/h5-8,11-12,15,18H,4,9-10H2,1-3H3,(H,17,19). The molecule has 1 aliphatic carbocycles. The highest BCUT2D eigenvalue weighted by molar-refractivity contribution is 5.81. The van der Waals surface area contributed by atoms with Gasteiger partial charge in [0.1, 0.15) is 0 Å². The van der Waals surface area contributed by atoms with E-state index in [9.17, 15) is 4.79 Å². The summed E-state index contributed by atoms with van der Waals surface area (Å²) < 4.78 is 0. The van der Waals surface area contributed by atoms with Gasteiger partial charge in [0.05, 0.1) is 6.04 Å². The maximum Gasteiger partial charge on any atom is 0.236 e. The molecule has 1 aliphatic rings. The van der Waals surface area contributed by atoms with Crippen LogP contribution in [-0.2, 0) is 4.79 Å². The highest BCUT2D eigenvalue weighted by Gasteiger charge is 2.26. The number of likely N-dealkylation sites (N-methyl/N-ethyl adjacent to an activating group) is 1. The van der Waals surface area contributed by atoms with E-state index in [-0.39, 0.29) is 11.9 Å². The van der Waals surface area contributed by atoms with Crippen molar-refractivity contribution in [3.05, 3.63) is 35.4 Å². The molecule has 0 aromatic heterocycles. The lowest BCUT2D eigenvalue weighted by Crippen LogP contribution is -2.44. The highest BCUT2D eigenvalue weighted by Crippen LogP contribution is 2.37. The van der Waals surface area contributed by atoms with Gasteiger partial charge in [-0.2, -0.15) is 0 Å². The zero-order valence-electron chi connectivity index (χ0n) is 12.1. The van der Waals surface area contributed by atoms with Crippen LogP contribution >= 0.6 is 0 Å². The van der Waals surface area contributed by atoms with Gasteiger partial charge in [0.15, 0.2) is 0 Å². The molecular formula is C16H24N2O. The number of hydrogen-bond donors (Lipinski definition) is 2. The van der Waals surface area contributed by atoms with Crippen LogP contribution in [0.1, 0.15) is 56.7 Å². The molecule has 2 rings (SSSR count). The molecular weight excluding hydrogens is 236 g/mol. The quantitative estimate of drug-likeness (QED) is 0.874. The maximum atomic E-state index is 11.8. The first-order valence-electron chi connectivity index (χ1n) is 7.26. The molecule has 0 heterocycles. The molecule has 0 fully saturated rings. The van der Waals surface area contributed by atoms with Crippen LogP contribution in [0.25, 0.3) is 0 Å². The van der Waals surface area contributed by atoms with Gasteiger partial charge in [0.2, 0.25) is 5.91 Å². The number of carbonyl (C=O) groups excluding carboxylic acids is 1. The lowest BCUT2D eigenvalue weighted by atomic mass is 9.81. The van der Waals surface area contributed by atoms with Gasteiger partial charge in [-0.15, -0.1) is 0 Å². The topological polar surface area (TPSA) is 41.1 Å². The monoisotopic (exact) mass is 260 g/mol. The Bertz CT molecular complexity index is 444. The Morgan fingerprint density at radius 2 is 2.00 bits per heavy atom. The van der Waals surface area contributed by atoms with Crippen LogP contribution < -0.4 is 10.6 Å². The van der Waals surface area contributed by atoms with E-state index >= 15 is 0 Å². The molecule has 0 saturated carbocycles. The van der Waals surface area contributed by atoms with Crippen molar-refractivity contribution < 1.29 is 4.79 Å². The average molecular weight is 260 g/mol. The van der Waals surface area contributed by atoms with Crippen LogP contribution in [0.5, 0.6) is 0 Å². The second-order valence-corrected chi connectivity index (χ2v) is 5.44. The summed E-state index contributed by atoms with van der Waals surface area (Å²) in [6.45, 7) is 6.85. The minimum Gasteiger partial charge on any atom is -0.355 e.